The first-order chi connectivity index (χ1) is 5.27. The van der Waals surface area contributed by atoms with Gasteiger partial charge in [0.1, 0.15) is 11.6 Å². The molecule has 0 aliphatic heterocycles. The Kier molecular flexibility index (Phi) is 1.28. The van der Waals surface area contributed by atoms with Gasteiger partial charge in [-0.05, 0) is 17.7 Å². The second-order valence-corrected chi connectivity index (χ2v) is 2.77. The molecule has 0 amide bonds. The molecule has 0 heterocycles. The van der Waals surface area contributed by atoms with Crippen LogP contribution in [0.5, 0.6) is 0 Å². The van der Waals surface area contributed by atoms with Crippen molar-refractivity contribution in [2.24, 2.45) is 0 Å². The zero-order valence-electron chi connectivity index (χ0n) is 5.88. The van der Waals surface area contributed by atoms with Crippen molar-refractivity contribution in [2.45, 2.75) is 12.3 Å². The molecule has 56 valence electrons. The molecule has 0 saturated heterocycles. The Hall–Kier alpha value is -1.18. The topological polar surface area (TPSA) is 17.1 Å². The minimum absolute atomic E-state index is 0.0654. The fourth-order valence-electron chi connectivity index (χ4n) is 1.14. The van der Waals surface area contributed by atoms with Crippen LogP contribution < -0.4 is 0 Å². The highest BCUT2D eigenvalue weighted by Gasteiger charge is 2.35. The maximum absolute atomic E-state index is 12.4. The van der Waals surface area contributed by atoms with Gasteiger partial charge in [0.15, 0.2) is 0 Å². The summed E-state index contributed by atoms with van der Waals surface area (Å²) in [4.78, 5) is 10.7. The molecule has 0 spiro atoms. The molecule has 0 radical (unpaired) electrons. The fourth-order valence-corrected chi connectivity index (χ4v) is 1.14. The second kappa shape index (κ2) is 2.16. The number of Topliss-reactive ketones (excluding diaryl/α,β-unsaturated/α-hetero) is 1. The van der Waals surface area contributed by atoms with Crippen LogP contribution in [0.2, 0.25) is 0 Å². The Labute approximate surface area is 63.8 Å². The molecule has 0 aromatic heterocycles. The van der Waals surface area contributed by atoms with E-state index in [1.54, 1.807) is 12.1 Å². The van der Waals surface area contributed by atoms with Gasteiger partial charge in [-0.25, -0.2) is 4.39 Å². The Morgan fingerprint density at radius 3 is 2.27 bits per heavy atom. The minimum Gasteiger partial charge on any atom is -0.299 e. The predicted molar refractivity (Wildman–Crippen MR) is 38.8 cm³/mol. The first-order valence-corrected chi connectivity index (χ1v) is 3.55. The number of hydrogen-bond acceptors (Lipinski definition) is 1. The highest BCUT2D eigenvalue weighted by Crippen LogP contribution is 2.35. The van der Waals surface area contributed by atoms with Crippen LogP contribution in [-0.2, 0) is 4.79 Å². The number of halogens is 1. The molecule has 0 bridgehead atoms. The molecule has 1 saturated carbocycles. The van der Waals surface area contributed by atoms with E-state index < -0.39 is 0 Å². The molecular formula is C9H7FO. The number of ketones is 1. The van der Waals surface area contributed by atoms with E-state index in [1.165, 1.54) is 12.1 Å². The van der Waals surface area contributed by atoms with Gasteiger partial charge >= 0.3 is 0 Å². The highest BCUT2D eigenvalue weighted by molar-refractivity contribution is 6.01. The van der Waals surface area contributed by atoms with E-state index in [0.717, 1.165) is 5.56 Å². The number of hydrogen-bond donors (Lipinski definition) is 0. The lowest BCUT2D eigenvalue weighted by Crippen LogP contribution is -1.81. The van der Waals surface area contributed by atoms with E-state index in [4.69, 9.17) is 0 Å². The van der Waals surface area contributed by atoms with Gasteiger partial charge in [-0.3, -0.25) is 4.79 Å². The number of carbonyl (C=O) groups excluding carboxylic acids is 1. The molecule has 2 heteroatoms. The Morgan fingerprint density at radius 2 is 1.82 bits per heavy atom. The van der Waals surface area contributed by atoms with Crippen LogP contribution in [0.4, 0.5) is 4.39 Å². The van der Waals surface area contributed by atoms with E-state index in [0.29, 0.717) is 6.42 Å². The first kappa shape index (κ1) is 6.53. The van der Waals surface area contributed by atoms with Crippen molar-refractivity contribution < 1.29 is 9.18 Å². The van der Waals surface area contributed by atoms with Crippen molar-refractivity contribution in [1.82, 2.24) is 0 Å². The maximum atomic E-state index is 12.4. The third-order valence-corrected chi connectivity index (χ3v) is 1.91. The zero-order valence-corrected chi connectivity index (χ0v) is 5.88. The van der Waals surface area contributed by atoms with Crippen molar-refractivity contribution in [3.63, 3.8) is 0 Å². The van der Waals surface area contributed by atoms with E-state index in [9.17, 15) is 9.18 Å². The van der Waals surface area contributed by atoms with Crippen LogP contribution in [0.25, 0.3) is 0 Å². The molecule has 11 heavy (non-hydrogen) atoms. The quantitative estimate of drug-likeness (QED) is 0.597. The third-order valence-electron chi connectivity index (χ3n) is 1.91. The van der Waals surface area contributed by atoms with Crippen molar-refractivity contribution >= 4 is 5.78 Å². The summed E-state index contributed by atoms with van der Waals surface area (Å²) in [5.41, 5.74) is 0.941. The average molecular weight is 150 g/mol. The van der Waals surface area contributed by atoms with Crippen molar-refractivity contribution in [3.05, 3.63) is 35.6 Å². The van der Waals surface area contributed by atoms with Gasteiger partial charge in [0.2, 0.25) is 0 Å². The molecule has 1 nitrogen and oxygen atoms in total. The largest absolute Gasteiger partial charge is 0.299 e. The molecule has 0 N–H and O–H groups in total. The van der Waals surface area contributed by atoms with Crippen LogP contribution in [-0.4, -0.2) is 5.78 Å². The van der Waals surface area contributed by atoms with Crippen LogP contribution in [0.1, 0.15) is 17.9 Å². The van der Waals surface area contributed by atoms with Gasteiger partial charge in [0, 0.05) is 12.3 Å². The summed E-state index contributed by atoms with van der Waals surface area (Å²) in [6, 6.07) is 6.12. The van der Waals surface area contributed by atoms with Crippen molar-refractivity contribution in [3.8, 4) is 0 Å². The Bertz CT molecular complexity index is 289. The lowest BCUT2D eigenvalue weighted by molar-refractivity contribution is -0.110. The van der Waals surface area contributed by atoms with E-state index in [2.05, 4.69) is 0 Å². The molecule has 1 aliphatic rings. The summed E-state index contributed by atoms with van der Waals surface area (Å²) in [6.07, 6.45) is 0.631. The summed E-state index contributed by atoms with van der Waals surface area (Å²) in [5.74, 6) is 0.0778. The van der Waals surface area contributed by atoms with Gasteiger partial charge in [0.25, 0.3) is 0 Å². The van der Waals surface area contributed by atoms with E-state index in [1.807, 2.05) is 0 Å². The molecule has 1 atom stereocenters. The van der Waals surface area contributed by atoms with Gasteiger partial charge < -0.3 is 0 Å². The van der Waals surface area contributed by atoms with E-state index >= 15 is 0 Å². The van der Waals surface area contributed by atoms with Crippen molar-refractivity contribution in [1.29, 1.82) is 0 Å². The molecule has 1 unspecified atom stereocenters. The monoisotopic (exact) mass is 150 g/mol. The first-order valence-electron chi connectivity index (χ1n) is 3.55. The summed E-state index contributed by atoms with van der Waals surface area (Å²) < 4.78 is 12.4. The number of rotatable bonds is 1. The maximum Gasteiger partial charge on any atom is 0.141 e. The van der Waals surface area contributed by atoms with Gasteiger partial charge in [0.05, 0.1) is 0 Å². The van der Waals surface area contributed by atoms with Crippen molar-refractivity contribution in [2.75, 3.05) is 0 Å². The third kappa shape index (κ3) is 1.16. The Morgan fingerprint density at radius 1 is 1.27 bits per heavy atom. The predicted octanol–water partition coefficient (Wildman–Crippen LogP) is 1.88. The molecule has 1 aromatic rings. The summed E-state index contributed by atoms with van der Waals surface area (Å²) >= 11 is 0. The second-order valence-electron chi connectivity index (χ2n) is 2.77. The normalized spacial score (nSPS) is 21.9. The summed E-state index contributed by atoms with van der Waals surface area (Å²) in [5, 5.41) is 0. The molecule has 2 rings (SSSR count). The summed E-state index contributed by atoms with van der Waals surface area (Å²) in [6.45, 7) is 0. The van der Waals surface area contributed by atoms with Crippen LogP contribution in [0, 0.1) is 5.82 Å². The highest BCUT2D eigenvalue weighted by atomic mass is 19.1. The smallest absolute Gasteiger partial charge is 0.141 e. The zero-order chi connectivity index (χ0) is 7.84. The number of benzene rings is 1. The van der Waals surface area contributed by atoms with Gasteiger partial charge in [-0.1, -0.05) is 12.1 Å². The molecular weight excluding hydrogens is 143 g/mol. The van der Waals surface area contributed by atoms with Crippen LogP contribution >= 0.6 is 0 Å². The molecule has 1 aliphatic carbocycles. The standard InChI is InChI=1S/C9H7FO/c10-7-3-1-6(2-4-7)8-5-9(8)11/h1-4,8H,5H2. The molecule has 1 fully saturated rings. The lowest BCUT2D eigenvalue weighted by atomic mass is 10.1. The fraction of sp³-hybridized carbons (Fsp3) is 0.222. The van der Waals surface area contributed by atoms with E-state index in [-0.39, 0.29) is 17.5 Å². The van der Waals surface area contributed by atoms with Crippen LogP contribution in [0.3, 0.4) is 0 Å². The minimum atomic E-state index is -0.248. The summed E-state index contributed by atoms with van der Waals surface area (Å²) in [7, 11) is 0. The average Bonchev–Trinajstić information content (AvgIpc) is 2.69. The SMILES string of the molecule is O=C1CC1c1ccc(F)cc1. The van der Waals surface area contributed by atoms with Crippen LogP contribution in [0.15, 0.2) is 24.3 Å². The van der Waals surface area contributed by atoms with Gasteiger partial charge in [-0.15, -0.1) is 0 Å². The van der Waals surface area contributed by atoms with Gasteiger partial charge in [-0.2, -0.15) is 0 Å². The molecule has 1 aromatic carbocycles. The number of carbonyl (C=O) groups is 1. The lowest BCUT2D eigenvalue weighted by Gasteiger charge is -1.93. The Balaban J connectivity index is 2.27.